The molecular weight excluding hydrogens is 348 g/mol. The van der Waals surface area contributed by atoms with Crippen LogP contribution >= 0.6 is 0 Å². The van der Waals surface area contributed by atoms with E-state index in [9.17, 15) is 9.90 Å². The summed E-state index contributed by atoms with van der Waals surface area (Å²) in [4.78, 5) is 13.4. The Balaban J connectivity index is 0.00000136. The molecule has 28 heavy (non-hydrogen) atoms. The molecule has 152 valence electrons. The van der Waals surface area contributed by atoms with Gasteiger partial charge in [0.15, 0.2) is 12.1 Å². The first-order chi connectivity index (χ1) is 13.5. The van der Waals surface area contributed by atoms with E-state index in [0.717, 1.165) is 47.9 Å². The van der Waals surface area contributed by atoms with Crippen molar-refractivity contribution in [1.29, 1.82) is 0 Å². The van der Waals surface area contributed by atoms with E-state index < -0.39 is 6.29 Å². The summed E-state index contributed by atoms with van der Waals surface area (Å²) in [5, 5.41) is 9.52. The van der Waals surface area contributed by atoms with Crippen LogP contribution in [0.3, 0.4) is 0 Å². The van der Waals surface area contributed by atoms with Crippen molar-refractivity contribution in [1.82, 2.24) is 0 Å². The van der Waals surface area contributed by atoms with E-state index in [0.29, 0.717) is 0 Å². The molecule has 3 atom stereocenters. The first-order valence-electron chi connectivity index (χ1n) is 10.5. The number of carbonyl (C=O) groups excluding carboxylic acids is 1. The Kier molecular flexibility index (Phi) is 8.40. The van der Waals surface area contributed by atoms with E-state index in [-0.39, 0.29) is 17.8 Å². The van der Waals surface area contributed by atoms with Gasteiger partial charge in [-0.05, 0) is 62.3 Å². The first-order valence-corrected chi connectivity index (χ1v) is 10.5. The zero-order chi connectivity index (χ0) is 20.7. The Labute approximate surface area is 169 Å². The van der Waals surface area contributed by atoms with Crippen LogP contribution in [0.25, 0.3) is 0 Å². The summed E-state index contributed by atoms with van der Waals surface area (Å²) in [5.74, 6) is 0.0569. The minimum atomic E-state index is -0.777. The van der Waals surface area contributed by atoms with Gasteiger partial charge in [-0.3, -0.25) is 4.79 Å². The van der Waals surface area contributed by atoms with E-state index in [1.807, 2.05) is 39.0 Å². The molecule has 3 nitrogen and oxygen atoms in total. The van der Waals surface area contributed by atoms with Crippen LogP contribution < -0.4 is 0 Å². The summed E-state index contributed by atoms with van der Waals surface area (Å²) in [6, 6.07) is 14.5. The third-order valence-corrected chi connectivity index (χ3v) is 5.28. The number of hydrogen-bond acceptors (Lipinski definition) is 3. The van der Waals surface area contributed by atoms with Gasteiger partial charge in [-0.25, -0.2) is 0 Å². The van der Waals surface area contributed by atoms with E-state index in [1.165, 1.54) is 5.56 Å². The number of benzene rings is 2. The maximum absolute atomic E-state index is 13.4. The second-order valence-electron chi connectivity index (χ2n) is 7.30. The van der Waals surface area contributed by atoms with Gasteiger partial charge < -0.3 is 9.84 Å². The van der Waals surface area contributed by atoms with Crippen molar-refractivity contribution in [3.8, 4) is 0 Å². The molecule has 0 amide bonds. The van der Waals surface area contributed by atoms with Gasteiger partial charge in [0.1, 0.15) is 0 Å². The summed E-state index contributed by atoms with van der Waals surface area (Å²) in [6.45, 7) is 9.71. The molecule has 0 saturated heterocycles. The van der Waals surface area contributed by atoms with Gasteiger partial charge in [0.2, 0.25) is 0 Å². The highest BCUT2D eigenvalue weighted by molar-refractivity contribution is 6.03. The van der Waals surface area contributed by atoms with Crippen molar-refractivity contribution < 1.29 is 14.6 Å². The maximum Gasteiger partial charge on any atom is 0.170 e. The average molecular weight is 383 g/mol. The number of fused-ring (bicyclic) bond motifs is 2. The Morgan fingerprint density at radius 1 is 1.14 bits per heavy atom. The summed E-state index contributed by atoms with van der Waals surface area (Å²) in [6.07, 6.45) is 2.30. The number of carbonyl (C=O) groups is 1. The van der Waals surface area contributed by atoms with Gasteiger partial charge in [-0.15, -0.1) is 0 Å². The minimum absolute atomic E-state index is 0.0322. The van der Waals surface area contributed by atoms with Crippen LogP contribution in [0, 0.1) is 6.92 Å². The summed E-state index contributed by atoms with van der Waals surface area (Å²) < 4.78 is 5.58. The smallest absolute Gasteiger partial charge is 0.170 e. The Bertz CT molecular complexity index is 779. The number of aryl methyl sites for hydroxylation is 1. The van der Waals surface area contributed by atoms with Crippen molar-refractivity contribution in [3.63, 3.8) is 0 Å². The molecule has 0 radical (unpaired) electrons. The van der Waals surface area contributed by atoms with Crippen molar-refractivity contribution in [2.45, 2.75) is 78.6 Å². The molecule has 0 heterocycles. The second kappa shape index (κ2) is 10.5. The summed E-state index contributed by atoms with van der Waals surface area (Å²) in [5.41, 5.74) is 5.46. The third kappa shape index (κ3) is 5.30. The zero-order valence-corrected chi connectivity index (χ0v) is 17.9. The van der Waals surface area contributed by atoms with Crippen LogP contribution in [0.2, 0.25) is 0 Å². The molecule has 2 aromatic rings. The zero-order valence-electron chi connectivity index (χ0n) is 17.9. The topological polar surface area (TPSA) is 46.5 Å². The lowest BCUT2D eigenvalue weighted by molar-refractivity contribution is -0.126. The summed E-state index contributed by atoms with van der Waals surface area (Å²) >= 11 is 0. The molecule has 3 rings (SSSR count). The molecule has 1 unspecified atom stereocenters. The monoisotopic (exact) mass is 382 g/mol. The molecule has 0 aromatic heterocycles. The van der Waals surface area contributed by atoms with Gasteiger partial charge in [-0.1, -0.05) is 62.7 Å². The SMILES string of the molecule is CC.CC[C@@H](CC[C@@H]1C(=O)c2cc(C)ccc2Cc2ccccc21)OC(C)O. The molecule has 2 aromatic carbocycles. The normalized spacial score (nSPS) is 17.5. The van der Waals surface area contributed by atoms with Gasteiger partial charge in [0.25, 0.3) is 0 Å². The van der Waals surface area contributed by atoms with Crippen LogP contribution in [0.5, 0.6) is 0 Å². The van der Waals surface area contributed by atoms with Crippen LogP contribution in [0.15, 0.2) is 42.5 Å². The van der Waals surface area contributed by atoms with E-state index in [4.69, 9.17) is 4.74 Å². The van der Waals surface area contributed by atoms with E-state index in [2.05, 4.69) is 31.2 Å². The van der Waals surface area contributed by atoms with Crippen LogP contribution in [0.4, 0.5) is 0 Å². The maximum atomic E-state index is 13.4. The Morgan fingerprint density at radius 3 is 2.54 bits per heavy atom. The Hall–Kier alpha value is -1.97. The standard InChI is InChI=1S/C23H28O3.C2H6/c1-4-19(26-16(3)24)11-12-21-20-8-6-5-7-17(20)14-18-10-9-15(2)13-22(18)23(21)25;1-2/h5-10,13,16,19,21,24H,4,11-12,14H2,1-3H3;1-2H3/t16?,19-,21-;/m0./s1. The minimum Gasteiger partial charge on any atom is -0.368 e. The number of aliphatic hydroxyl groups is 1. The number of rotatable bonds is 6. The van der Waals surface area contributed by atoms with E-state index >= 15 is 0 Å². The number of hydrogen-bond donors (Lipinski definition) is 1. The average Bonchev–Trinajstić information content (AvgIpc) is 2.81. The van der Waals surface area contributed by atoms with Gasteiger partial charge >= 0.3 is 0 Å². The molecule has 1 aliphatic rings. The fraction of sp³-hybridized carbons (Fsp3) is 0.480. The first kappa shape index (κ1) is 22.3. The van der Waals surface area contributed by atoms with Gasteiger partial charge in [0, 0.05) is 11.5 Å². The van der Waals surface area contributed by atoms with Crippen LogP contribution in [-0.2, 0) is 11.2 Å². The van der Waals surface area contributed by atoms with Gasteiger partial charge in [0.05, 0.1) is 6.10 Å². The highest BCUT2D eigenvalue weighted by Crippen LogP contribution is 2.35. The largest absolute Gasteiger partial charge is 0.368 e. The molecule has 1 N–H and O–H groups in total. The fourth-order valence-corrected chi connectivity index (χ4v) is 3.93. The number of aliphatic hydroxyl groups excluding tert-OH is 1. The molecular formula is C25H34O3. The molecule has 3 heteroatoms. The quantitative estimate of drug-likeness (QED) is 0.642. The van der Waals surface area contributed by atoms with Crippen molar-refractivity contribution >= 4 is 5.78 Å². The van der Waals surface area contributed by atoms with E-state index in [1.54, 1.807) is 6.92 Å². The number of ether oxygens (including phenoxy) is 1. The molecule has 0 aliphatic heterocycles. The molecule has 0 saturated carbocycles. The van der Waals surface area contributed by atoms with Crippen molar-refractivity contribution in [3.05, 3.63) is 70.3 Å². The number of ketones is 1. The van der Waals surface area contributed by atoms with Crippen LogP contribution in [0.1, 0.15) is 85.5 Å². The second-order valence-corrected chi connectivity index (χ2v) is 7.30. The molecule has 0 fully saturated rings. The van der Waals surface area contributed by atoms with Crippen LogP contribution in [-0.4, -0.2) is 23.3 Å². The van der Waals surface area contributed by atoms with Gasteiger partial charge in [-0.2, -0.15) is 0 Å². The predicted octanol–water partition coefficient (Wildman–Crippen LogP) is 5.81. The lowest BCUT2D eigenvalue weighted by atomic mass is 9.85. The molecule has 0 spiro atoms. The lowest BCUT2D eigenvalue weighted by Gasteiger charge is -2.22. The van der Waals surface area contributed by atoms with Crippen molar-refractivity contribution in [2.24, 2.45) is 0 Å². The lowest BCUT2D eigenvalue weighted by Crippen LogP contribution is -2.21. The van der Waals surface area contributed by atoms with Crippen molar-refractivity contribution in [2.75, 3.05) is 0 Å². The molecule has 1 aliphatic carbocycles. The highest BCUT2D eigenvalue weighted by atomic mass is 16.6. The fourth-order valence-electron chi connectivity index (χ4n) is 3.93. The summed E-state index contributed by atoms with van der Waals surface area (Å²) in [7, 11) is 0. The third-order valence-electron chi connectivity index (χ3n) is 5.28. The highest BCUT2D eigenvalue weighted by Gasteiger charge is 2.30. The number of Topliss-reactive ketones (excluding diaryl/α,β-unsaturated/α-hetero) is 1. The predicted molar refractivity (Wildman–Crippen MR) is 115 cm³/mol. The Morgan fingerprint density at radius 2 is 1.86 bits per heavy atom. The molecule has 0 bridgehead atoms.